The quantitative estimate of drug-likeness (QED) is 0.450. The molecule has 1 amide bonds. The van der Waals surface area contributed by atoms with Gasteiger partial charge in [-0.2, -0.15) is 0 Å². The normalized spacial score (nSPS) is 18.7. The molecule has 0 spiro atoms. The molecule has 6 nitrogen and oxygen atoms in total. The van der Waals surface area contributed by atoms with Gasteiger partial charge in [0.05, 0.1) is 5.75 Å². The average Bonchev–Trinajstić information content (AvgIpc) is 3.43. The number of hydrogen-bond acceptors (Lipinski definition) is 6. The Morgan fingerprint density at radius 1 is 1.25 bits per heavy atom. The smallest absolute Gasteiger partial charge is 0.233 e. The fourth-order valence-corrected chi connectivity index (χ4v) is 6.10. The molecular weight excluding hydrogens is 464 g/mol. The summed E-state index contributed by atoms with van der Waals surface area (Å²) in [5.41, 5.74) is -0.303. The number of aromatic nitrogens is 3. The first-order valence-electron chi connectivity index (χ1n) is 10.5. The Morgan fingerprint density at radius 2 is 2.06 bits per heavy atom. The maximum atomic E-state index is 13.3. The Morgan fingerprint density at radius 3 is 2.78 bits per heavy atom. The van der Waals surface area contributed by atoms with Gasteiger partial charge in [-0.3, -0.25) is 9.59 Å². The summed E-state index contributed by atoms with van der Waals surface area (Å²) < 4.78 is 1.92. The van der Waals surface area contributed by atoms with Crippen molar-refractivity contribution in [1.29, 1.82) is 0 Å². The second kappa shape index (κ2) is 9.77. The molecule has 1 aromatic carbocycles. The van der Waals surface area contributed by atoms with Crippen molar-refractivity contribution < 1.29 is 9.59 Å². The first-order chi connectivity index (χ1) is 15.4. The van der Waals surface area contributed by atoms with Gasteiger partial charge in [0.15, 0.2) is 10.9 Å². The van der Waals surface area contributed by atoms with Crippen LogP contribution in [0.3, 0.4) is 0 Å². The Kier molecular flexibility index (Phi) is 7.02. The minimum atomic E-state index is -1.02. The topological polar surface area (TPSA) is 68.1 Å². The summed E-state index contributed by atoms with van der Waals surface area (Å²) in [4.78, 5) is 29.3. The summed E-state index contributed by atoms with van der Waals surface area (Å²) in [5.74, 6) is 0.939. The second-order valence-electron chi connectivity index (χ2n) is 7.93. The summed E-state index contributed by atoms with van der Waals surface area (Å²) in [6.07, 6.45) is 3.45. The van der Waals surface area contributed by atoms with Crippen molar-refractivity contribution in [1.82, 2.24) is 19.7 Å². The highest BCUT2D eigenvalue weighted by molar-refractivity contribution is 7.99. The van der Waals surface area contributed by atoms with Gasteiger partial charge in [-0.25, -0.2) is 0 Å². The van der Waals surface area contributed by atoms with E-state index in [0.717, 1.165) is 18.7 Å². The zero-order chi connectivity index (χ0) is 22.7. The number of amides is 1. The lowest BCUT2D eigenvalue weighted by molar-refractivity contribution is -0.146. The fourth-order valence-electron chi connectivity index (χ4n) is 4.26. The lowest BCUT2D eigenvalue weighted by Crippen LogP contribution is -2.54. The Labute approximate surface area is 201 Å². The number of rotatable bonds is 7. The molecule has 9 heteroatoms. The lowest BCUT2D eigenvalue weighted by Gasteiger charge is -2.44. The fraction of sp³-hybridized carbons (Fsp3) is 0.391. The highest BCUT2D eigenvalue weighted by Gasteiger charge is 2.47. The van der Waals surface area contributed by atoms with E-state index in [9.17, 15) is 9.59 Å². The van der Waals surface area contributed by atoms with Crippen LogP contribution in [0.2, 0.25) is 5.02 Å². The van der Waals surface area contributed by atoms with Crippen LogP contribution in [0.1, 0.15) is 41.9 Å². The lowest BCUT2D eigenvalue weighted by atomic mass is 9.74. The van der Waals surface area contributed by atoms with E-state index in [1.165, 1.54) is 16.6 Å². The zero-order valence-corrected chi connectivity index (χ0v) is 20.5. The van der Waals surface area contributed by atoms with Crippen LogP contribution in [0, 0.1) is 0 Å². The predicted octanol–water partition coefficient (Wildman–Crippen LogP) is 4.71. The molecule has 2 aromatic heterocycles. The molecule has 0 radical (unpaired) electrons. The van der Waals surface area contributed by atoms with Crippen LogP contribution in [0.5, 0.6) is 0 Å². The highest BCUT2D eigenvalue weighted by Crippen LogP contribution is 2.42. The number of carbonyl (C=O) groups excluding carboxylic acids is 2. The molecule has 0 saturated heterocycles. The largest absolute Gasteiger partial charge is 0.328 e. The number of benzene rings is 1. The van der Waals surface area contributed by atoms with E-state index in [4.69, 9.17) is 11.6 Å². The van der Waals surface area contributed by atoms with Crippen LogP contribution >= 0.6 is 34.7 Å². The molecular formula is C23H25ClN4O2S2. The standard InChI is InChI=1S/C23H25ClN4O2S2/c1-27-20(14-16-8-7-13-31-16)25-26-22(27)32-15-21(30)28(2)23(12-6-5-11-19(23)29)17-9-3-4-10-18(17)24/h3-4,7-10,13H,5-6,11-12,14-15H2,1-2H3/t23-/m1/s1. The zero-order valence-electron chi connectivity index (χ0n) is 18.1. The number of thiophene rings is 1. The predicted molar refractivity (Wildman–Crippen MR) is 128 cm³/mol. The number of thioether (sulfide) groups is 1. The monoisotopic (exact) mass is 488 g/mol. The van der Waals surface area contributed by atoms with Crippen LogP contribution in [0.15, 0.2) is 46.9 Å². The van der Waals surface area contributed by atoms with Crippen molar-refractivity contribution in [2.24, 2.45) is 7.05 Å². The van der Waals surface area contributed by atoms with Crippen LogP contribution in [-0.4, -0.2) is 44.2 Å². The minimum absolute atomic E-state index is 0.0505. The van der Waals surface area contributed by atoms with E-state index < -0.39 is 5.54 Å². The molecule has 0 aliphatic heterocycles. The van der Waals surface area contributed by atoms with Crippen LogP contribution in [-0.2, 0) is 28.6 Å². The summed E-state index contributed by atoms with van der Waals surface area (Å²) >= 11 is 9.52. The number of hydrogen-bond donors (Lipinski definition) is 0. The van der Waals surface area contributed by atoms with Gasteiger partial charge >= 0.3 is 0 Å². The molecule has 0 unspecified atom stereocenters. The molecule has 32 heavy (non-hydrogen) atoms. The molecule has 0 N–H and O–H groups in total. The van der Waals surface area contributed by atoms with Crippen molar-refractivity contribution >= 4 is 46.4 Å². The first kappa shape index (κ1) is 23.0. The molecule has 1 aliphatic carbocycles. The summed E-state index contributed by atoms with van der Waals surface area (Å²) in [6, 6.07) is 11.4. The third-order valence-electron chi connectivity index (χ3n) is 6.08. The van der Waals surface area contributed by atoms with Gasteiger partial charge in [-0.1, -0.05) is 47.6 Å². The molecule has 1 saturated carbocycles. The second-order valence-corrected chi connectivity index (χ2v) is 10.3. The number of likely N-dealkylation sites (N-methyl/N-ethyl adjacent to an activating group) is 1. The molecule has 4 rings (SSSR count). The van der Waals surface area contributed by atoms with Gasteiger partial charge in [0.2, 0.25) is 5.91 Å². The molecule has 3 aromatic rings. The van der Waals surface area contributed by atoms with Crippen LogP contribution < -0.4 is 0 Å². The third-order valence-corrected chi connectivity index (χ3v) is 8.29. The first-order valence-corrected chi connectivity index (χ1v) is 12.8. The number of carbonyl (C=O) groups is 2. The molecule has 2 heterocycles. The number of halogens is 1. The van der Waals surface area contributed by atoms with Crippen molar-refractivity contribution in [3.05, 3.63) is 63.1 Å². The molecule has 0 bridgehead atoms. The summed E-state index contributed by atoms with van der Waals surface area (Å²) in [7, 11) is 3.63. The molecule has 1 atom stereocenters. The van der Waals surface area contributed by atoms with E-state index in [0.29, 0.717) is 35.0 Å². The Balaban J connectivity index is 1.52. The van der Waals surface area contributed by atoms with Crippen molar-refractivity contribution in [3.63, 3.8) is 0 Å². The SMILES string of the molecule is CN(C(=O)CSc1nnc(Cc2cccs2)n1C)[C@@]1(c2ccccc2Cl)CCCCC1=O. The van der Waals surface area contributed by atoms with Gasteiger partial charge in [0, 0.05) is 42.4 Å². The van der Waals surface area contributed by atoms with Crippen molar-refractivity contribution in [3.8, 4) is 0 Å². The molecule has 1 aliphatic rings. The molecule has 168 valence electrons. The third kappa shape index (κ3) is 4.36. The maximum Gasteiger partial charge on any atom is 0.233 e. The minimum Gasteiger partial charge on any atom is -0.328 e. The summed E-state index contributed by atoms with van der Waals surface area (Å²) in [6.45, 7) is 0. The number of ketones is 1. The number of nitrogens with zero attached hydrogens (tertiary/aromatic N) is 4. The van der Waals surface area contributed by atoms with Gasteiger partial charge < -0.3 is 9.47 Å². The van der Waals surface area contributed by atoms with Gasteiger partial charge in [-0.15, -0.1) is 21.5 Å². The molecule has 1 fully saturated rings. The van der Waals surface area contributed by atoms with Gasteiger partial charge in [0.1, 0.15) is 11.4 Å². The van der Waals surface area contributed by atoms with Crippen molar-refractivity contribution in [2.45, 2.75) is 42.8 Å². The highest BCUT2D eigenvalue weighted by atomic mass is 35.5. The summed E-state index contributed by atoms with van der Waals surface area (Å²) in [5, 5.41) is 11.8. The maximum absolute atomic E-state index is 13.3. The van der Waals surface area contributed by atoms with E-state index in [1.54, 1.807) is 29.4 Å². The van der Waals surface area contributed by atoms with Crippen LogP contribution in [0.4, 0.5) is 0 Å². The average molecular weight is 489 g/mol. The van der Waals surface area contributed by atoms with Crippen molar-refractivity contribution in [2.75, 3.05) is 12.8 Å². The Hall–Kier alpha value is -2.16. The van der Waals surface area contributed by atoms with E-state index >= 15 is 0 Å². The van der Waals surface area contributed by atoms with Gasteiger partial charge in [0.25, 0.3) is 0 Å². The van der Waals surface area contributed by atoms with E-state index in [-0.39, 0.29) is 17.4 Å². The van der Waals surface area contributed by atoms with Gasteiger partial charge in [-0.05, 0) is 36.8 Å². The Bertz CT molecular complexity index is 1120. The van der Waals surface area contributed by atoms with Crippen LogP contribution in [0.25, 0.3) is 0 Å². The van der Waals surface area contributed by atoms with E-state index in [1.807, 2.05) is 41.3 Å². The van der Waals surface area contributed by atoms with E-state index in [2.05, 4.69) is 16.3 Å². The number of Topliss-reactive ketones (excluding diaryl/α,β-unsaturated/α-hetero) is 1.